The van der Waals surface area contributed by atoms with Gasteiger partial charge in [-0.3, -0.25) is 0 Å². The molecular formula is C12H25N. The highest BCUT2D eigenvalue weighted by Gasteiger charge is 2.30. The van der Waals surface area contributed by atoms with Gasteiger partial charge in [0.1, 0.15) is 0 Å². The topological polar surface area (TPSA) is 26.0 Å². The molecule has 0 heterocycles. The molecule has 0 radical (unpaired) electrons. The molecule has 1 nitrogen and oxygen atoms in total. The highest BCUT2D eigenvalue weighted by molar-refractivity contribution is 4.85. The van der Waals surface area contributed by atoms with E-state index in [9.17, 15) is 0 Å². The molecule has 4 atom stereocenters. The van der Waals surface area contributed by atoms with Gasteiger partial charge in [0.15, 0.2) is 0 Å². The molecule has 1 saturated carbocycles. The molecule has 0 amide bonds. The van der Waals surface area contributed by atoms with Crippen LogP contribution in [0.1, 0.15) is 52.9 Å². The first kappa shape index (κ1) is 11.0. The van der Waals surface area contributed by atoms with Crippen LogP contribution in [-0.4, -0.2) is 6.04 Å². The summed E-state index contributed by atoms with van der Waals surface area (Å²) in [4.78, 5) is 0. The molecule has 1 aliphatic rings. The molecule has 0 aromatic heterocycles. The van der Waals surface area contributed by atoms with Crippen LogP contribution in [-0.2, 0) is 0 Å². The zero-order valence-corrected chi connectivity index (χ0v) is 9.42. The van der Waals surface area contributed by atoms with Crippen LogP contribution < -0.4 is 5.73 Å². The van der Waals surface area contributed by atoms with Crippen molar-refractivity contribution in [3.05, 3.63) is 0 Å². The molecule has 0 aromatic rings. The molecule has 1 fully saturated rings. The van der Waals surface area contributed by atoms with Gasteiger partial charge < -0.3 is 5.73 Å². The molecule has 1 aliphatic carbocycles. The van der Waals surface area contributed by atoms with Crippen LogP contribution in [0.5, 0.6) is 0 Å². The molecule has 78 valence electrons. The smallest absolute Gasteiger partial charge is 0.00955 e. The van der Waals surface area contributed by atoms with Gasteiger partial charge in [-0.05, 0) is 30.6 Å². The highest BCUT2D eigenvalue weighted by atomic mass is 14.7. The van der Waals surface area contributed by atoms with Crippen molar-refractivity contribution >= 4 is 0 Å². The quantitative estimate of drug-likeness (QED) is 0.711. The van der Waals surface area contributed by atoms with Crippen LogP contribution in [0.15, 0.2) is 0 Å². The van der Waals surface area contributed by atoms with Crippen molar-refractivity contribution in [1.29, 1.82) is 0 Å². The Kier molecular flexibility index (Phi) is 4.24. The Morgan fingerprint density at radius 2 is 2.08 bits per heavy atom. The Morgan fingerprint density at radius 3 is 2.54 bits per heavy atom. The van der Waals surface area contributed by atoms with E-state index in [1.165, 1.54) is 32.1 Å². The average molecular weight is 183 g/mol. The lowest BCUT2D eigenvalue weighted by molar-refractivity contribution is 0.266. The second kappa shape index (κ2) is 4.99. The Balaban J connectivity index is 2.40. The van der Waals surface area contributed by atoms with Crippen molar-refractivity contribution in [2.45, 2.75) is 58.9 Å². The second-order valence-electron chi connectivity index (χ2n) is 4.92. The summed E-state index contributed by atoms with van der Waals surface area (Å²) in [5, 5.41) is 0. The third-order valence-corrected chi connectivity index (χ3v) is 3.82. The molecule has 1 rings (SSSR count). The lowest BCUT2D eigenvalue weighted by Crippen LogP contribution is -2.37. The Hall–Kier alpha value is -0.0400. The van der Waals surface area contributed by atoms with Crippen molar-refractivity contribution < 1.29 is 0 Å². The summed E-state index contributed by atoms with van der Waals surface area (Å²) >= 11 is 0. The lowest BCUT2D eigenvalue weighted by atomic mass is 9.82. The minimum Gasteiger partial charge on any atom is -0.327 e. The molecule has 0 aromatic carbocycles. The normalized spacial score (nSPS) is 33.2. The van der Waals surface area contributed by atoms with Gasteiger partial charge in [0.25, 0.3) is 0 Å². The maximum absolute atomic E-state index is 6.30. The molecule has 2 N–H and O–H groups in total. The molecule has 1 heteroatoms. The van der Waals surface area contributed by atoms with E-state index in [-0.39, 0.29) is 0 Å². The van der Waals surface area contributed by atoms with E-state index >= 15 is 0 Å². The maximum Gasteiger partial charge on any atom is 0.00955 e. The Labute approximate surface area is 83.1 Å². The summed E-state index contributed by atoms with van der Waals surface area (Å²) in [6.45, 7) is 6.94. The molecule has 4 unspecified atom stereocenters. The average Bonchev–Trinajstić information content (AvgIpc) is 2.50. The van der Waals surface area contributed by atoms with Gasteiger partial charge in [-0.1, -0.05) is 40.0 Å². The van der Waals surface area contributed by atoms with Gasteiger partial charge in [-0.25, -0.2) is 0 Å². The first-order valence-corrected chi connectivity index (χ1v) is 5.92. The van der Waals surface area contributed by atoms with Gasteiger partial charge in [0.2, 0.25) is 0 Å². The fourth-order valence-electron chi connectivity index (χ4n) is 2.82. The predicted molar refractivity (Wildman–Crippen MR) is 58.6 cm³/mol. The number of rotatable bonds is 4. The summed E-state index contributed by atoms with van der Waals surface area (Å²) < 4.78 is 0. The molecule has 0 spiro atoms. The van der Waals surface area contributed by atoms with E-state index in [0.717, 1.165) is 17.8 Å². The van der Waals surface area contributed by atoms with Gasteiger partial charge in [0.05, 0.1) is 0 Å². The van der Waals surface area contributed by atoms with Crippen LogP contribution in [0.3, 0.4) is 0 Å². The van der Waals surface area contributed by atoms with Crippen LogP contribution in [0.4, 0.5) is 0 Å². The van der Waals surface area contributed by atoms with Gasteiger partial charge in [-0.15, -0.1) is 0 Å². The summed E-state index contributed by atoms with van der Waals surface area (Å²) in [5.74, 6) is 2.39. The third kappa shape index (κ3) is 2.70. The number of hydrogen-bond donors (Lipinski definition) is 1. The van der Waals surface area contributed by atoms with Crippen molar-refractivity contribution in [3.8, 4) is 0 Å². The predicted octanol–water partition coefficient (Wildman–Crippen LogP) is 3.19. The Morgan fingerprint density at radius 1 is 1.38 bits per heavy atom. The van der Waals surface area contributed by atoms with E-state index in [4.69, 9.17) is 5.73 Å². The van der Waals surface area contributed by atoms with E-state index in [0.29, 0.717) is 6.04 Å². The van der Waals surface area contributed by atoms with E-state index < -0.39 is 0 Å². The summed E-state index contributed by atoms with van der Waals surface area (Å²) in [5.41, 5.74) is 6.30. The van der Waals surface area contributed by atoms with Crippen molar-refractivity contribution in [1.82, 2.24) is 0 Å². The third-order valence-electron chi connectivity index (χ3n) is 3.82. The summed E-state index contributed by atoms with van der Waals surface area (Å²) in [7, 11) is 0. The largest absolute Gasteiger partial charge is 0.327 e. The second-order valence-corrected chi connectivity index (χ2v) is 4.92. The summed E-state index contributed by atoms with van der Waals surface area (Å²) in [6.07, 6.45) is 6.74. The fraction of sp³-hybridized carbons (Fsp3) is 1.00. The van der Waals surface area contributed by atoms with Crippen molar-refractivity contribution in [3.63, 3.8) is 0 Å². The van der Waals surface area contributed by atoms with Crippen LogP contribution in [0.25, 0.3) is 0 Å². The SMILES string of the molecule is CCCC(C)C(N)C1CCCC1C. The molecule has 0 saturated heterocycles. The fourth-order valence-corrected chi connectivity index (χ4v) is 2.82. The van der Waals surface area contributed by atoms with Crippen LogP contribution >= 0.6 is 0 Å². The molecule has 0 bridgehead atoms. The standard InChI is InChI=1S/C12H25N/c1-4-6-10(3)12(13)11-8-5-7-9(11)2/h9-12H,4-8,13H2,1-3H3. The first-order chi connectivity index (χ1) is 6.16. The van der Waals surface area contributed by atoms with Gasteiger partial charge >= 0.3 is 0 Å². The van der Waals surface area contributed by atoms with E-state index in [2.05, 4.69) is 20.8 Å². The van der Waals surface area contributed by atoms with Crippen LogP contribution in [0.2, 0.25) is 0 Å². The zero-order valence-electron chi connectivity index (χ0n) is 9.42. The number of nitrogens with two attached hydrogens (primary N) is 1. The summed E-state index contributed by atoms with van der Waals surface area (Å²) in [6, 6.07) is 0.456. The maximum atomic E-state index is 6.30. The molecular weight excluding hydrogens is 158 g/mol. The van der Waals surface area contributed by atoms with Crippen molar-refractivity contribution in [2.24, 2.45) is 23.5 Å². The molecule has 0 aliphatic heterocycles. The first-order valence-electron chi connectivity index (χ1n) is 5.92. The highest BCUT2D eigenvalue weighted by Crippen LogP contribution is 2.35. The van der Waals surface area contributed by atoms with E-state index in [1.54, 1.807) is 0 Å². The number of hydrogen-bond acceptors (Lipinski definition) is 1. The van der Waals surface area contributed by atoms with Gasteiger partial charge in [0, 0.05) is 6.04 Å². The zero-order chi connectivity index (χ0) is 9.84. The lowest BCUT2D eigenvalue weighted by Gasteiger charge is -2.28. The Bertz CT molecular complexity index is 144. The van der Waals surface area contributed by atoms with Crippen molar-refractivity contribution in [2.75, 3.05) is 0 Å². The van der Waals surface area contributed by atoms with E-state index in [1.807, 2.05) is 0 Å². The van der Waals surface area contributed by atoms with Crippen LogP contribution in [0, 0.1) is 17.8 Å². The minimum atomic E-state index is 0.456. The minimum absolute atomic E-state index is 0.456. The molecule has 13 heavy (non-hydrogen) atoms. The van der Waals surface area contributed by atoms with Gasteiger partial charge in [-0.2, -0.15) is 0 Å². The monoisotopic (exact) mass is 183 g/mol.